The maximum Gasteiger partial charge on any atom is 0.421 e. The van der Waals surface area contributed by atoms with Gasteiger partial charge in [0, 0.05) is 28.0 Å². The van der Waals surface area contributed by atoms with Crippen molar-refractivity contribution in [2.45, 2.75) is 79.1 Å². The van der Waals surface area contributed by atoms with Crippen molar-refractivity contribution in [2.24, 2.45) is 5.41 Å². The Morgan fingerprint density at radius 1 is 1.12 bits per heavy atom. The molecule has 0 radical (unpaired) electrons. The van der Waals surface area contributed by atoms with Gasteiger partial charge < -0.3 is 14.3 Å². The normalized spacial score (nSPS) is 13.8. The third-order valence-electron chi connectivity index (χ3n) is 5.83. The van der Waals surface area contributed by atoms with E-state index >= 15 is 0 Å². The van der Waals surface area contributed by atoms with Gasteiger partial charge in [-0.3, -0.25) is 0 Å². The largest absolute Gasteiger partial charge is 0.494 e. The zero-order chi connectivity index (χ0) is 24.7. The molecule has 1 aromatic heterocycles. The second kappa shape index (κ2) is 8.88. The first kappa shape index (κ1) is 26.5. The van der Waals surface area contributed by atoms with Gasteiger partial charge in [-0.15, -0.1) is 0 Å². The number of aromatic hydroxyl groups is 1. The number of rotatable bonds is 5. The van der Waals surface area contributed by atoms with Gasteiger partial charge in [-0.05, 0) is 51.0 Å². The quantitative estimate of drug-likeness (QED) is 0.443. The molecule has 0 unspecified atom stereocenters. The number of hydrogen-bond donors (Lipinski definition) is 1. The predicted octanol–water partition coefficient (Wildman–Crippen LogP) is 7.84. The molecule has 2 aromatic rings. The molecule has 0 fully saturated rings. The molecule has 0 spiro atoms. The minimum Gasteiger partial charge on any atom is -0.494 e. The summed E-state index contributed by atoms with van der Waals surface area (Å²) in [4.78, 5) is 12.8. The lowest BCUT2D eigenvalue weighted by molar-refractivity contribution is 0.0533. The summed E-state index contributed by atoms with van der Waals surface area (Å²) >= 11 is 6.18. The van der Waals surface area contributed by atoms with Crippen LogP contribution in [0.4, 0.5) is 4.79 Å². The summed E-state index contributed by atoms with van der Waals surface area (Å²) in [5, 5.41) is 12.3. The van der Waals surface area contributed by atoms with Crippen LogP contribution in [0.25, 0.3) is 17.0 Å². The third kappa shape index (κ3) is 6.18. The fraction of sp³-hybridized carbons (Fsp3) is 0.560. The second-order valence-electron chi connectivity index (χ2n) is 11.6. The highest BCUT2D eigenvalue weighted by Crippen LogP contribution is 2.39. The lowest BCUT2D eigenvalue weighted by Crippen LogP contribution is -2.42. The standard InChI is InChI=1S/C25H38ClNO4Si/c1-23(2,3)31-22(29)27-20-15-17(26)11-12-18(20)19(21(27)28)13-14-25(7,8)16-30-32(9,10)24(4,5)6/h11-15,28H,16H2,1-10H3. The van der Waals surface area contributed by atoms with Gasteiger partial charge >= 0.3 is 6.09 Å². The first-order valence-corrected chi connectivity index (χ1v) is 14.2. The SMILES string of the molecule is CC(C)(C=Cc1c(O)n(C(=O)OC(C)(C)C)c2cc(Cl)ccc12)CO[Si](C)(C)C(C)(C)C. The number of halogens is 1. The van der Waals surface area contributed by atoms with E-state index in [-0.39, 0.29) is 16.3 Å². The summed E-state index contributed by atoms with van der Waals surface area (Å²) in [5.41, 5.74) is 0.0779. The Kier molecular flexibility index (Phi) is 7.35. The molecule has 0 atom stereocenters. The van der Waals surface area contributed by atoms with Gasteiger partial charge in [-0.1, -0.05) is 64.4 Å². The Bertz CT molecular complexity index is 1020. The van der Waals surface area contributed by atoms with Gasteiger partial charge in [0.25, 0.3) is 0 Å². The van der Waals surface area contributed by atoms with Crippen molar-refractivity contribution in [3.63, 3.8) is 0 Å². The van der Waals surface area contributed by atoms with Crippen LogP contribution in [0.5, 0.6) is 5.88 Å². The zero-order valence-corrected chi connectivity index (χ0v) is 22.8. The van der Waals surface area contributed by atoms with E-state index in [1.807, 2.05) is 12.2 Å². The molecule has 1 N–H and O–H groups in total. The molecule has 7 heteroatoms. The summed E-state index contributed by atoms with van der Waals surface area (Å²) in [6.45, 7) is 21.2. The highest BCUT2D eigenvalue weighted by Gasteiger charge is 2.38. The number of carbonyl (C=O) groups is 1. The fourth-order valence-corrected chi connectivity index (χ4v) is 4.20. The molecule has 5 nitrogen and oxygen atoms in total. The Morgan fingerprint density at radius 3 is 2.25 bits per heavy atom. The van der Waals surface area contributed by atoms with Crippen molar-refractivity contribution in [3.8, 4) is 5.88 Å². The topological polar surface area (TPSA) is 60.7 Å². The van der Waals surface area contributed by atoms with Gasteiger partial charge in [-0.25, -0.2) is 9.36 Å². The van der Waals surface area contributed by atoms with Crippen LogP contribution in [-0.4, -0.2) is 36.3 Å². The molecule has 178 valence electrons. The number of nitrogens with zero attached hydrogens (tertiary/aromatic N) is 1. The van der Waals surface area contributed by atoms with Crippen LogP contribution in [0.15, 0.2) is 24.3 Å². The Labute approximate surface area is 198 Å². The van der Waals surface area contributed by atoms with E-state index in [0.29, 0.717) is 22.7 Å². The molecule has 0 aliphatic carbocycles. The summed E-state index contributed by atoms with van der Waals surface area (Å²) in [6, 6.07) is 5.20. The molecule has 1 aromatic carbocycles. The van der Waals surface area contributed by atoms with Crippen molar-refractivity contribution < 1.29 is 19.1 Å². The van der Waals surface area contributed by atoms with Gasteiger partial charge in [0.05, 0.1) is 5.52 Å². The Morgan fingerprint density at radius 2 is 1.72 bits per heavy atom. The zero-order valence-electron chi connectivity index (χ0n) is 21.1. The smallest absolute Gasteiger partial charge is 0.421 e. The molecule has 0 aliphatic heterocycles. The molecule has 32 heavy (non-hydrogen) atoms. The van der Waals surface area contributed by atoms with E-state index in [1.165, 1.54) is 4.57 Å². The summed E-state index contributed by atoms with van der Waals surface area (Å²) < 4.78 is 13.1. The van der Waals surface area contributed by atoms with Gasteiger partial charge in [-0.2, -0.15) is 0 Å². The van der Waals surface area contributed by atoms with E-state index in [0.717, 1.165) is 5.39 Å². The van der Waals surface area contributed by atoms with Crippen molar-refractivity contribution in [1.82, 2.24) is 4.57 Å². The van der Waals surface area contributed by atoms with Gasteiger partial charge in [0.1, 0.15) is 5.60 Å². The summed E-state index contributed by atoms with van der Waals surface area (Å²) in [6.07, 6.45) is 3.21. The summed E-state index contributed by atoms with van der Waals surface area (Å²) in [5.74, 6) is -0.172. The second-order valence-corrected chi connectivity index (χ2v) is 16.8. The monoisotopic (exact) mass is 479 g/mol. The van der Waals surface area contributed by atoms with Crippen LogP contribution in [0.2, 0.25) is 23.2 Å². The predicted molar refractivity (Wildman–Crippen MR) is 136 cm³/mol. The van der Waals surface area contributed by atoms with Crippen molar-refractivity contribution in [2.75, 3.05) is 6.61 Å². The molecule has 0 amide bonds. The molecule has 2 rings (SSSR count). The summed E-state index contributed by atoms with van der Waals surface area (Å²) in [7, 11) is -1.88. The molecule has 0 saturated heterocycles. The maximum atomic E-state index is 12.8. The van der Waals surface area contributed by atoms with Crippen LogP contribution < -0.4 is 0 Å². The maximum absolute atomic E-state index is 12.8. The van der Waals surface area contributed by atoms with Crippen LogP contribution >= 0.6 is 11.6 Å². The van der Waals surface area contributed by atoms with E-state index in [9.17, 15) is 9.90 Å². The third-order valence-corrected chi connectivity index (χ3v) is 10.5. The van der Waals surface area contributed by atoms with E-state index < -0.39 is 20.0 Å². The highest BCUT2D eigenvalue weighted by molar-refractivity contribution is 6.74. The molecular weight excluding hydrogens is 442 g/mol. The number of carbonyl (C=O) groups excluding carboxylic acids is 1. The van der Waals surface area contributed by atoms with E-state index in [4.69, 9.17) is 20.8 Å². The van der Waals surface area contributed by atoms with Gasteiger partial charge in [0.2, 0.25) is 5.88 Å². The highest BCUT2D eigenvalue weighted by atomic mass is 35.5. The van der Waals surface area contributed by atoms with Crippen molar-refractivity contribution in [3.05, 3.63) is 34.9 Å². The number of fused-ring (bicyclic) bond motifs is 1. The molecular formula is C25H38ClNO4Si. The minimum absolute atomic E-state index is 0.130. The average Bonchev–Trinajstić information content (AvgIpc) is 2.86. The number of benzene rings is 1. The average molecular weight is 480 g/mol. The number of hydrogen-bond acceptors (Lipinski definition) is 4. The molecule has 0 saturated carbocycles. The first-order valence-electron chi connectivity index (χ1n) is 10.9. The Hall–Kier alpha value is -1.76. The van der Waals surface area contributed by atoms with Crippen molar-refractivity contribution >= 4 is 43.0 Å². The van der Waals surface area contributed by atoms with Crippen LogP contribution in [0.3, 0.4) is 0 Å². The molecule has 1 heterocycles. The van der Waals surface area contributed by atoms with Crippen molar-refractivity contribution in [1.29, 1.82) is 0 Å². The lowest BCUT2D eigenvalue weighted by atomic mass is 9.93. The van der Waals surface area contributed by atoms with Gasteiger partial charge in [0.15, 0.2) is 8.32 Å². The molecule has 0 bridgehead atoms. The van der Waals surface area contributed by atoms with E-state index in [2.05, 4.69) is 47.7 Å². The van der Waals surface area contributed by atoms with Crippen LogP contribution in [0, 0.1) is 5.41 Å². The van der Waals surface area contributed by atoms with Crippen LogP contribution in [-0.2, 0) is 9.16 Å². The Balaban J connectivity index is 2.43. The first-order chi connectivity index (χ1) is 14.3. The number of ether oxygens (including phenoxy) is 1. The number of aromatic nitrogens is 1. The van der Waals surface area contributed by atoms with Crippen LogP contribution in [0.1, 0.15) is 61.0 Å². The lowest BCUT2D eigenvalue weighted by Gasteiger charge is -2.38. The minimum atomic E-state index is -1.88. The fourth-order valence-electron chi connectivity index (χ4n) is 2.87. The van der Waals surface area contributed by atoms with E-state index in [1.54, 1.807) is 39.0 Å². The molecule has 0 aliphatic rings.